The highest BCUT2D eigenvalue weighted by Crippen LogP contribution is 2.20. The Morgan fingerprint density at radius 1 is 0.882 bits per heavy atom. The predicted octanol–water partition coefficient (Wildman–Crippen LogP) is 3.21. The molecular weight excluding hydrogens is 220 g/mol. The van der Waals surface area contributed by atoms with E-state index in [9.17, 15) is 8.78 Å². The molecule has 0 saturated carbocycles. The predicted molar refractivity (Wildman–Crippen MR) is 63.4 cm³/mol. The molecule has 0 spiro atoms. The lowest BCUT2D eigenvalue weighted by atomic mass is 9.99. The zero-order valence-electron chi connectivity index (χ0n) is 9.24. The van der Waals surface area contributed by atoms with E-state index in [0.717, 1.165) is 0 Å². The van der Waals surface area contributed by atoms with Crippen LogP contribution in [0.5, 0.6) is 0 Å². The van der Waals surface area contributed by atoms with Crippen molar-refractivity contribution in [2.24, 2.45) is 5.73 Å². The van der Waals surface area contributed by atoms with Gasteiger partial charge < -0.3 is 5.73 Å². The molecule has 1 atom stereocenters. The maximum atomic E-state index is 13.5. The summed E-state index contributed by atoms with van der Waals surface area (Å²) in [7, 11) is 0. The molecule has 2 N–H and O–H groups in total. The van der Waals surface area contributed by atoms with E-state index in [1.807, 2.05) is 0 Å². The van der Waals surface area contributed by atoms with Gasteiger partial charge in [0.05, 0.1) is 0 Å². The van der Waals surface area contributed by atoms with Gasteiger partial charge in [0.25, 0.3) is 0 Å². The minimum Gasteiger partial charge on any atom is -0.324 e. The summed E-state index contributed by atoms with van der Waals surface area (Å²) < 4.78 is 26.9. The first-order valence-corrected chi connectivity index (χ1v) is 5.42. The zero-order chi connectivity index (χ0) is 12.3. The van der Waals surface area contributed by atoms with Gasteiger partial charge in [0.2, 0.25) is 0 Å². The number of halogens is 2. The molecule has 0 unspecified atom stereocenters. The van der Waals surface area contributed by atoms with Crippen molar-refractivity contribution >= 4 is 0 Å². The van der Waals surface area contributed by atoms with Gasteiger partial charge in [-0.2, -0.15) is 0 Å². The van der Waals surface area contributed by atoms with Crippen LogP contribution < -0.4 is 5.73 Å². The Labute approximate surface area is 98.9 Å². The fourth-order valence-corrected chi connectivity index (χ4v) is 1.79. The maximum Gasteiger partial charge on any atom is 0.127 e. The molecule has 0 aliphatic carbocycles. The molecule has 0 aliphatic heterocycles. The summed E-state index contributed by atoms with van der Waals surface area (Å²) in [5.74, 6) is -0.657. The molecule has 0 radical (unpaired) electrons. The van der Waals surface area contributed by atoms with E-state index in [2.05, 4.69) is 0 Å². The van der Waals surface area contributed by atoms with Gasteiger partial charge in [0, 0.05) is 11.6 Å². The summed E-state index contributed by atoms with van der Waals surface area (Å²) in [4.78, 5) is 0. The monoisotopic (exact) mass is 233 g/mol. The normalized spacial score (nSPS) is 12.4. The minimum atomic E-state index is -0.534. The summed E-state index contributed by atoms with van der Waals surface area (Å²) in [6.45, 7) is 0. The Morgan fingerprint density at radius 2 is 1.47 bits per heavy atom. The zero-order valence-corrected chi connectivity index (χ0v) is 9.24. The highest BCUT2D eigenvalue weighted by molar-refractivity contribution is 5.25. The van der Waals surface area contributed by atoms with E-state index >= 15 is 0 Å². The van der Waals surface area contributed by atoms with Gasteiger partial charge in [-0.1, -0.05) is 36.4 Å². The average molecular weight is 233 g/mol. The van der Waals surface area contributed by atoms with Crippen molar-refractivity contribution in [3.63, 3.8) is 0 Å². The van der Waals surface area contributed by atoms with Crippen molar-refractivity contribution in [2.75, 3.05) is 0 Å². The van der Waals surface area contributed by atoms with E-state index in [4.69, 9.17) is 5.73 Å². The van der Waals surface area contributed by atoms with Crippen LogP contribution in [-0.4, -0.2) is 0 Å². The van der Waals surface area contributed by atoms with Crippen molar-refractivity contribution in [3.8, 4) is 0 Å². The first-order chi connectivity index (χ1) is 8.18. The molecule has 0 fully saturated rings. The summed E-state index contributed by atoms with van der Waals surface area (Å²) in [5.41, 5.74) is 6.81. The molecule has 88 valence electrons. The standard InChI is InChI=1S/C14H13F2N/c15-12-7-3-1-5-10(12)9-14(17)11-6-2-4-8-13(11)16/h1-8,14H,9,17H2/t14-/m0/s1. The van der Waals surface area contributed by atoms with Crippen LogP contribution in [-0.2, 0) is 6.42 Å². The molecule has 1 nitrogen and oxygen atoms in total. The topological polar surface area (TPSA) is 26.0 Å². The molecule has 0 aromatic heterocycles. The third-order valence-electron chi connectivity index (χ3n) is 2.70. The second-order valence-corrected chi connectivity index (χ2v) is 3.92. The van der Waals surface area contributed by atoms with Crippen LogP contribution in [0.4, 0.5) is 8.78 Å². The Bertz CT molecular complexity index is 511. The second-order valence-electron chi connectivity index (χ2n) is 3.92. The van der Waals surface area contributed by atoms with Gasteiger partial charge in [0.1, 0.15) is 11.6 Å². The first-order valence-electron chi connectivity index (χ1n) is 5.42. The van der Waals surface area contributed by atoms with Crippen molar-refractivity contribution in [1.29, 1.82) is 0 Å². The molecule has 2 aromatic carbocycles. The molecular formula is C14H13F2N. The molecule has 2 aromatic rings. The molecule has 0 aliphatic rings. The van der Waals surface area contributed by atoms with Gasteiger partial charge >= 0.3 is 0 Å². The van der Waals surface area contributed by atoms with Crippen LogP contribution in [0.25, 0.3) is 0 Å². The highest BCUT2D eigenvalue weighted by atomic mass is 19.1. The van der Waals surface area contributed by atoms with Gasteiger partial charge in [-0.25, -0.2) is 8.78 Å². The van der Waals surface area contributed by atoms with Crippen molar-refractivity contribution in [1.82, 2.24) is 0 Å². The fraction of sp³-hybridized carbons (Fsp3) is 0.143. The number of hydrogen-bond donors (Lipinski definition) is 1. The average Bonchev–Trinajstić information content (AvgIpc) is 2.32. The van der Waals surface area contributed by atoms with Crippen molar-refractivity contribution in [3.05, 3.63) is 71.3 Å². The Kier molecular flexibility index (Phi) is 3.49. The van der Waals surface area contributed by atoms with E-state index < -0.39 is 6.04 Å². The number of rotatable bonds is 3. The van der Waals surface area contributed by atoms with E-state index in [-0.39, 0.29) is 18.1 Å². The van der Waals surface area contributed by atoms with Crippen molar-refractivity contribution < 1.29 is 8.78 Å². The number of nitrogens with two attached hydrogens (primary N) is 1. The van der Waals surface area contributed by atoms with Gasteiger partial charge in [-0.15, -0.1) is 0 Å². The van der Waals surface area contributed by atoms with E-state index in [1.54, 1.807) is 36.4 Å². The molecule has 0 amide bonds. The first kappa shape index (κ1) is 11.7. The quantitative estimate of drug-likeness (QED) is 0.865. The van der Waals surface area contributed by atoms with Crippen LogP contribution in [0.15, 0.2) is 48.5 Å². The number of benzene rings is 2. The summed E-state index contributed by atoms with van der Waals surface area (Å²) in [6.07, 6.45) is 0.285. The molecule has 0 bridgehead atoms. The second kappa shape index (κ2) is 5.06. The molecule has 3 heteroatoms. The number of hydrogen-bond acceptors (Lipinski definition) is 1. The lowest BCUT2D eigenvalue weighted by molar-refractivity contribution is 0.563. The lowest BCUT2D eigenvalue weighted by Crippen LogP contribution is -2.15. The summed E-state index contributed by atoms with van der Waals surface area (Å²) in [5, 5.41) is 0. The van der Waals surface area contributed by atoms with Crippen LogP contribution in [0.1, 0.15) is 17.2 Å². The third-order valence-corrected chi connectivity index (χ3v) is 2.70. The molecule has 0 heterocycles. The smallest absolute Gasteiger partial charge is 0.127 e. The molecule has 0 saturated heterocycles. The summed E-state index contributed by atoms with van der Waals surface area (Å²) in [6, 6.07) is 12.2. The van der Waals surface area contributed by atoms with Gasteiger partial charge in [-0.05, 0) is 24.1 Å². The van der Waals surface area contributed by atoms with Crippen LogP contribution in [0.2, 0.25) is 0 Å². The minimum absolute atomic E-state index is 0.285. The molecule has 17 heavy (non-hydrogen) atoms. The Morgan fingerprint density at radius 3 is 2.12 bits per heavy atom. The largest absolute Gasteiger partial charge is 0.324 e. The van der Waals surface area contributed by atoms with Crippen molar-refractivity contribution in [2.45, 2.75) is 12.5 Å². The van der Waals surface area contributed by atoms with Crippen LogP contribution in [0.3, 0.4) is 0 Å². The SMILES string of the molecule is N[C@@H](Cc1ccccc1F)c1ccccc1F. The van der Waals surface area contributed by atoms with Crippen LogP contribution >= 0.6 is 0 Å². The summed E-state index contributed by atoms with van der Waals surface area (Å²) >= 11 is 0. The highest BCUT2D eigenvalue weighted by Gasteiger charge is 2.13. The Hall–Kier alpha value is -1.74. The van der Waals surface area contributed by atoms with E-state index in [1.165, 1.54) is 12.1 Å². The van der Waals surface area contributed by atoms with E-state index in [0.29, 0.717) is 11.1 Å². The van der Waals surface area contributed by atoms with Gasteiger partial charge in [0.15, 0.2) is 0 Å². The van der Waals surface area contributed by atoms with Crippen LogP contribution in [0, 0.1) is 11.6 Å². The lowest BCUT2D eigenvalue weighted by Gasteiger charge is -2.13. The third kappa shape index (κ3) is 2.68. The Balaban J connectivity index is 2.20. The molecule has 2 rings (SSSR count). The fourth-order valence-electron chi connectivity index (χ4n) is 1.79. The maximum absolute atomic E-state index is 13.5. The van der Waals surface area contributed by atoms with Gasteiger partial charge in [-0.3, -0.25) is 0 Å².